The van der Waals surface area contributed by atoms with Gasteiger partial charge in [0.25, 0.3) is 5.91 Å². The van der Waals surface area contributed by atoms with Crippen molar-refractivity contribution >= 4 is 17.6 Å². The first-order valence-corrected chi connectivity index (χ1v) is 10.3. The highest BCUT2D eigenvalue weighted by molar-refractivity contribution is 5.99. The van der Waals surface area contributed by atoms with E-state index in [1.807, 2.05) is 54.6 Å². The van der Waals surface area contributed by atoms with Crippen LogP contribution in [-0.4, -0.2) is 24.6 Å². The second kappa shape index (κ2) is 10.4. The fraction of sp³-hybridized carbons (Fsp3) is 0.231. The van der Waals surface area contributed by atoms with Gasteiger partial charge in [-0.15, -0.1) is 0 Å². The lowest BCUT2D eigenvalue weighted by Crippen LogP contribution is -2.30. The molecule has 0 radical (unpaired) electrons. The number of carbonyl (C=O) groups excluding carboxylic acids is 2. The van der Waals surface area contributed by atoms with Crippen LogP contribution in [0.15, 0.2) is 78.9 Å². The zero-order valence-electron chi connectivity index (χ0n) is 18.0. The highest BCUT2D eigenvalue weighted by Crippen LogP contribution is 2.27. The van der Waals surface area contributed by atoms with Gasteiger partial charge in [0.15, 0.2) is 6.10 Å². The zero-order valence-corrected chi connectivity index (χ0v) is 18.0. The fourth-order valence-electron chi connectivity index (χ4n) is 2.93. The number of esters is 1. The Labute approximate surface area is 183 Å². The Morgan fingerprint density at radius 1 is 0.839 bits per heavy atom. The van der Waals surface area contributed by atoms with Crippen molar-refractivity contribution in [1.82, 2.24) is 0 Å². The summed E-state index contributed by atoms with van der Waals surface area (Å²) in [4.78, 5) is 25.1. The maximum absolute atomic E-state index is 12.7. The number of amides is 1. The van der Waals surface area contributed by atoms with Gasteiger partial charge in [-0.3, -0.25) is 4.79 Å². The molecule has 3 aromatic carbocycles. The van der Waals surface area contributed by atoms with Crippen LogP contribution in [0.25, 0.3) is 11.1 Å². The molecule has 1 N–H and O–H groups in total. The molecule has 0 fully saturated rings. The summed E-state index contributed by atoms with van der Waals surface area (Å²) in [5, 5.41) is 2.87. The van der Waals surface area contributed by atoms with Crippen LogP contribution < -0.4 is 10.1 Å². The average Bonchev–Trinajstić information content (AvgIpc) is 2.79. The maximum Gasteiger partial charge on any atom is 0.338 e. The molecule has 160 valence electrons. The third-order valence-corrected chi connectivity index (χ3v) is 4.60. The van der Waals surface area contributed by atoms with E-state index in [1.165, 1.54) is 0 Å². The maximum atomic E-state index is 12.7. The molecule has 0 spiro atoms. The molecule has 1 atom stereocenters. The molecule has 0 heterocycles. The van der Waals surface area contributed by atoms with Crippen molar-refractivity contribution in [1.29, 1.82) is 0 Å². The van der Waals surface area contributed by atoms with Crippen molar-refractivity contribution in [3.05, 3.63) is 84.4 Å². The van der Waals surface area contributed by atoms with Gasteiger partial charge in [-0.2, -0.15) is 0 Å². The normalized spacial score (nSPS) is 11.6. The molecule has 3 rings (SSSR count). The quantitative estimate of drug-likeness (QED) is 0.487. The van der Waals surface area contributed by atoms with Gasteiger partial charge < -0.3 is 14.8 Å². The minimum Gasteiger partial charge on any atom is -0.493 e. The number of hydrogen-bond donors (Lipinski definition) is 1. The third kappa shape index (κ3) is 6.19. The molecule has 0 aliphatic carbocycles. The molecule has 1 amide bonds. The number of hydrogen-bond acceptors (Lipinski definition) is 4. The molecule has 0 saturated carbocycles. The monoisotopic (exact) mass is 417 g/mol. The highest BCUT2D eigenvalue weighted by atomic mass is 16.5. The first-order valence-electron chi connectivity index (χ1n) is 10.3. The van der Waals surface area contributed by atoms with Gasteiger partial charge >= 0.3 is 5.97 Å². The van der Waals surface area contributed by atoms with Crippen molar-refractivity contribution in [2.45, 2.75) is 26.9 Å². The molecule has 5 heteroatoms. The first kappa shape index (κ1) is 22.1. The van der Waals surface area contributed by atoms with Crippen molar-refractivity contribution in [2.24, 2.45) is 5.92 Å². The van der Waals surface area contributed by atoms with Gasteiger partial charge in [0.2, 0.25) is 0 Å². The number of carbonyl (C=O) groups is 2. The van der Waals surface area contributed by atoms with E-state index in [4.69, 9.17) is 9.47 Å². The lowest BCUT2D eigenvalue weighted by molar-refractivity contribution is -0.123. The summed E-state index contributed by atoms with van der Waals surface area (Å²) in [6, 6.07) is 24.0. The van der Waals surface area contributed by atoms with Crippen LogP contribution in [0.1, 0.15) is 31.1 Å². The fourth-order valence-corrected chi connectivity index (χ4v) is 2.93. The number of para-hydroxylation sites is 1. The van der Waals surface area contributed by atoms with Crippen molar-refractivity contribution < 1.29 is 19.1 Å². The van der Waals surface area contributed by atoms with E-state index >= 15 is 0 Å². The average molecular weight is 418 g/mol. The Morgan fingerprint density at radius 3 is 2.16 bits per heavy atom. The third-order valence-electron chi connectivity index (χ3n) is 4.60. The molecule has 0 unspecified atom stereocenters. The van der Waals surface area contributed by atoms with Gasteiger partial charge in [0.1, 0.15) is 5.75 Å². The second-order valence-corrected chi connectivity index (χ2v) is 7.68. The van der Waals surface area contributed by atoms with Crippen LogP contribution in [0.2, 0.25) is 0 Å². The number of ether oxygens (including phenoxy) is 2. The summed E-state index contributed by atoms with van der Waals surface area (Å²) < 4.78 is 11.0. The standard InChI is InChI=1S/C26H27NO4/c1-18(2)17-30-22-15-13-21(14-16-22)26(29)31-19(3)25(28)27-24-12-8-7-11-23(24)20-9-5-4-6-10-20/h4-16,18-19H,17H2,1-3H3,(H,27,28)/t19-/m0/s1. The molecule has 0 bridgehead atoms. The van der Waals surface area contributed by atoms with E-state index in [0.29, 0.717) is 29.5 Å². The van der Waals surface area contributed by atoms with E-state index in [9.17, 15) is 9.59 Å². The summed E-state index contributed by atoms with van der Waals surface area (Å²) in [7, 11) is 0. The second-order valence-electron chi connectivity index (χ2n) is 7.68. The van der Waals surface area contributed by atoms with Crippen LogP contribution in [0.4, 0.5) is 5.69 Å². The summed E-state index contributed by atoms with van der Waals surface area (Å²) in [5.41, 5.74) is 2.91. The minimum absolute atomic E-state index is 0.362. The molecule has 31 heavy (non-hydrogen) atoms. The number of nitrogens with one attached hydrogen (secondary N) is 1. The van der Waals surface area contributed by atoms with Crippen LogP contribution in [0.5, 0.6) is 5.75 Å². The van der Waals surface area contributed by atoms with Gasteiger partial charge in [0.05, 0.1) is 12.2 Å². The summed E-state index contributed by atoms with van der Waals surface area (Å²) >= 11 is 0. The lowest BCUT2D eigenvalue weighted by atomic mass is 10.0. The largest absolute Gasteiger partial charge is 0.493 e. The summed E-state index contributed by atoms with van der Waals surface area (Å²) in [5.74, 6) is 0.146. The van der Waals surface area contributed by atoms with E-state index in [0.717, 1.165) is 11.1 Å². The van der Waals surface area contributed by atoms with E-state index in [1.54, 1.807) is 31.2 Å². The molecular weight excluding hydrogens is 390 g/mol. The van der Waals surface area contributed by atoms with Gasteiger partial charge in [-0.05, 0) is 48.7 Å². The van der Waals surface area contributed by atoms with Gasteiger partial charge in [0, 0.05) is 11.3 Å². The summed E-state index contributed by atoms with van der Waals surface area (Å²) in [6.07, 6.45) is -0.951. The first-order chi connectivity index (χ1) is 14.9. The van der Waals surface area contributed by atoms with Crippen LogP contribution in [0.3, 0.4) is 0 Å². The minimum atomic E-state index is -0.951. The molecular formula is C26H27NO4. The topological polar surface area (TPSA) is 64.6 Å². The Morgan fingerprint density at radius 2 is 1.48 bits per heavy atom. The SMILES string of the molecule is CC(C)COc1ccc(C(=O)O[C@@H](C)C(=O)Nc2ccccc2-c2ccccc2)cc1. The smallest absolute Gasteiger partial charge is 0.338 e. The number of benzene rings is 3. The van der Waals surface area contributed by atoms with Crippen molar-refractivity contribution in [2.75, 3.05) is 11.9 Å². The number of anilines is 1. The van der Waals surface area contributed by atoms with Crippen LogP contribution >= 0.6 is 0 Å². The predicted octanol–water partition coefficient (Wildman–Crippen LogP) is 5.57. The molecule has 0 saturated heterocycles. The molecule has 0 aromatic heterocycles. The molecule has 3 aromatic rings. The number of rotatable bonds is 8. The van der Waals surface area contributed by atoms with E-state index in [2.05, 4.69) is 19.2 Å². The van der Waals surface area contributed by atoms with Crippen LogP contribution in [0, 0.1) is 5.92 Å². The Hall–Kier alpha value is -3.60. The van der Waals surface area contributed by atoms with E-state index < -0.39 is 18.0 Å². The zero-order chi connectivity index (χ0) is 22.2. The Balaban J connectivity index is 1.62. The van der Waals surface area contributed by atoms with Crippen LogP contribution in [-0.2, 0) is 9.53 Å². The Kier molecular flexibility index (Phi) is 7.44. The highest BCUT2D eigenvalue weighted by Gasteiger charge is 2.20. The molecule has 0 aliphatic rings. The van der Waals surface area contributed by atoms with Crippen molar-refractivity contribution in [3.8, 4) is 16.9 Å². The predicted molar refractivity (Wildman–Crippen MR) is 122 cm³/mol. The lowest BCUT2D eigenvalue weighted by Gasteiger charge is -2.16. The molecule has 5 nitrogen and oxygen atoms in total. The Bertz CT molecular complexity index is 1010. The van der Waals surface area contributed by atoms with E-state index in [-0.39, 0.29) is 0 Å². The van der Waals surface area contributed by atoms with Gasteiger partial charge in [-0.1, -0.05) is 62.4 Å². The summed E-state index contributed by atoms with van der Waals surface area (Å²) in [6.45, 7) is 6.29. The molecule has 0 aliphatic heterocycles. The van der Waals surface area contributed by atoms with Gasteiger partial charge in [-0.25, -0.2) is 4.79 Å². The van der Waals surface area contributed by atoms with Crippen molar-refractivity contribution in [3.63, 3.8) is 0 Å².